The van der Waals surface area contributed by atoms with E-state index in [-0.39, 0.29) is 11.7 Å². The Hall–Kier alpha value is -2.37. The summed E-state index contributed by atoms with van der Waals surface area (Å²) in [5.74, 6) is 0.0864. The average Bonchev–Trinajstić information content (AvgIpc) is 2.68. The molecule has 0 saturated carbocycles. The van der Waals surface area contributed by atoms with Crippen molar-refractivity contribution in [3.05, 3.63) is 64.7 Å². The van der Waals surface area contributed by atoms with Crippen LogP contribution >= 0.6 is 11.6 Å². The van der Waals surface area contributed by atoms with Crippen molar-refractivity contribution in [1.29, 1.82) is 0 Å². The average molecular weight is 386 g/mol. The Kier molecular flexibility index (Phi) is 6.48. The molecule has 142 valence electrons. The van der Waals surface area contributed by atoms with E-state index < -0.39 is 0 Å². The van der Waals surface area contributed by atoms with Crippen molar-refractivity contribution in [3.8, 4) is 0 Å². The Balaban J connectivity index is 1.44. The first-order chi connectivity index (χ1) is 13.0. The smallest absolute Gasteiger partial charge is 0.234 e. The number of nitrogens with zero attached hydrogens (tertiary/aromatic N) is 2. The summed E-state index contributed by atoms with van der Waals surface area (Å²) in [6, 6.07) is 15.2. The Morgan fingerprint density at radius 2 is 1.67 bits per heavy atom. The maximum atomic E-state index is 12.2. The summed E-state index contributed by atoms with van der Waals surface area (Å²) in [5.41, 5.74) is 2.77. The molecule has 0 unspecified atom stereocenters. The van der Waals surface area contributed by atoms with Gasteiger partial charge in [0, 0.05) is 49.0 Å². The number of anilines is 1. The lowest BCUT2D eigenvalue weighted by Gasteiger charge is -2.35. The number of carbonyl (C=O) groups excluding carboxylic acids is 2. The van der Waals surface area contributed by atoms with E-state index in [0.717, 1.165) is 43.0 Å². The fraction of sp³-hybridized carbons (Fsp3) is 0.333. The van der Waals surface area contributed by atoms with Crippen molar-refractivity contribution in [2.45, 2.75) is 13.5 Å². The molecule has 0 bridgehead atoms. The molecule has 3 rings (SSSR count). The standard InChI is InChI=1S/C21H24ClN3O2/c1-16(26)17-6-8-19(9-7-17)25-12-10-24(11-13-25)15-21(27)23-14-18-4-2-3-5-20(18)22/h2-9H,10-15H2,1H3,(H,23,27). The third-order valence-corrected chi connectivity index (χ3v) is 5.18. The first-order valence-electron chi connectivity index (χ1n) is 9.11. The summed E-state index contributed by atoms with van der Waals surface area (Å²) in [4.78, 5) is 28.0. The largest absolute Gasteiger partial charge is 0.369 e. The summed E-state index contributed by atoms with van der Waals surface area (Å²) in [6.07, 6.45) is 0. The van der Waals surface area contributed by atoms with Crippen LogP contribution in [-0.4, -0.2) is 49.3 Å². The molecule has 1 aliphatic heterocycles. The predicted molar refractivity (Wildman–Crippen MR) is 108 cm³/mol. The van der Waals surface area contributed by atoms with Gasteiger partial charge in [-0.05, 0) is 42.8 Å². The number of hydrogen-bond acceptors (Lipinski definition) is 4. The zero-order chi connectivity index (χ0) is 19.2. The van der Waals surface area contributed by atoms with E-state index in [1.54, 1.807) is 6.92 Å². The molecular formula is C21H24ClN3O2. The van der Waals surface area contributed by atoms with Crippen molar-refractivity contribution in [2.75, 3.05) is 37.6 Å². The van der Waals surface area contributed by atoms with E-state index in [9.17, 15) is 9.59 Å². The minimum absolute atomic E-state index is 0.00850. The number of Topliss-reactive ketones (excluding diaryl/α,β-unsaturated/α-hetero) is 1. The van der Waals surface area contributed by atoms with Crippen molar-refractivity contribution in [3.63, 3.8) is 0 Å². The number of ketones is 1. The number of carbonyl (C=O) groups is 2. The molecule has 0 radical (unpaired) electrons. The van der Waals surface area contributed by atoms with Gasteiger partial charge in [-0.3, -0.25) is 14.5 Å². The maximum Gasteiger partial charge on any atom is 0.234 e. The van der Waals surface area contributed by atoms with Crippen LogP contribution in [0.15, 0.2) is 48.5 Å². The molecular weight excluding hydrogens is 362 g/mol. The normalized spacial score (nSPS) is 14.8. The van der Waals surface area contributed by atoms with Gasteiger partial charge >= 0.3 is 0 Å². The SMILES string of the molecule is CC(=O)c1ccc(N2CCN(CC(=O)NCc3ccccc3Cl)CC2)cc1. The topological polar surface area (TPSA) is 52.7 Å². The van der Waals surface area contributed by atoms with E-state index >= 15 is 0 Å². The fourth-order valence-electron chi connectivity index (χ4n) is 3.17. The van der Waals surface area contributed by atoms with Crippen molar-refractivity contribution in [2.24, 2.45) is 0 Å². The molecule has 2 aromatic rings. The van der Waals surface area contributed by atoms with Gasteiger partial charge in [0.05, 0.1) is 6.54 Å². The van der Waals surface area contributed by atoms with Gasteiger partial charge < -0.3 is 10.2 Å². The highest BCUT2D eigenvalue weighted by molar-refractivity contribution is 6.31. The van der Waals surface area contributed by atoms with Crippen LogP contribution in [0.2, 0.25) is 5.02 Å². The zero-order valence-corrected chi connectivity index (χ0v) is 16.2. The number of hydrogen-bond donors (Lipinski definition) is 1. The van der Waals surface area contributed by atoms with Gasteiger partial charge in [0.25, 0.3) is 0 Å². The molecule has 1 fully saturated rings. The predicted octanol–water partition coefficient (Wildman–Crippen LogP) is 2.98. The van der Waals surface area contributed by atoms with E-state index in [2.05, 4.69) is 15.1 Å². The summed E-state index contributed by atoms with van der Waals surface area (Å²) >= 11 is 6.11. The van der Waals surface area contributed by atoms with Gasteiger partial charge in [-0.15, -0.1) is 0 Å². The van der Waals surface area contributed by atoms with Crippen molar-refractivity contribution >= 4 is 29.0 Å². The third kappa shape index (κ3) is 5.31. The molecule has 0 spiro atoms. The molecule has 0 atom stereocenters. The van der Waals surface area contributed by atoms with E-state index in [4.69, 9.17) is 11.6 Å². The third-order valence-electron chi connectivity index (χ3n) is 4.81. The molecule has 27 heavy (non-hydrogen) atoms. The van der Waals surface area contributed by atoms with Crippen molar-refractivity contribution < 1.29 is 9.59 Å². The quantitative estimate of drug-likeness (QED) is 0.777. The molecule has 1 heterocycles. The second-order valence-electron chi connectivity index (χ2n) is 6.73. The van der Waals surface area contributed by atoms with Crippen LogP contribution in [0.1, 0.15) is 22.8 Å². The molecule has 1 N–H and O–H groups in total. The second-order valence-corrected chi connectivity index (χ2v) is 7.14. The zero-order valence-electron chi connectivity index (χ0n) is 15.5. The van der Waals surface area contributed by atoms with Gasteiger partial charge in [-0.1, -0.05) is 29.8 Å². The summed E-state index contributed by atoms with van der Waals surface area (Å²) in [6.45, 7) is 5.78. The highest BCUT2D eigenvalue weighted by Crippen LogP contribution is 2.18. The highest BCUT2D eigenvalue weighted by atomic mass is 35.5. The lowest BCUT2D eigenvalue weighted by Crippen LogP contribution is -2.49. The number of halogens is 1. The van der Waals surface area contributed by atoms with Gasteiger partial charge in [0.1, 0.15) is 0 Å². The number of benzene rings is 2. The van der Waals surface area contributed by atoms with Crippen LogP contribution in [0.25, 0.3) is 0 Å². The van der Waals surface area contributed by atoms with Gasteiger partial charge in [-0.25, -0.2) is 0 Å². The maximum absolute atomic E-state index is 12.2. The monoisotopic (exact) mass is 385 g/mol. The molecule has 5 nitrogen and oxygen atoms in total. The van der Waals surface area contributed by atoms with Gasteiger partial charge in [0.15, 0.2) is 5.78 Å². The summed E-state index contributed by atoms with van der Waals surface area (Å²) < 4.78 is 0. The lowest BCUT2D eigenvalue weighted by molar-refractivity contribution is -0.122. The van der Waals surface area contributed by atoms with Crippen LogP contribution in [0.4, 0.5) is 5.69 Å². The molecule has 6 heteroatoms. The molecule has 1 amide bonds. The molecule has 0 aromatic heterocycles. The first kappa shape index (κ1) is 19.4. The Bertz CT molecular complexity index is 799. The van der Waals surface area contributed by atoms with Crippen LogP contribution < -0.4 is 10.2 Å². The van der Waals surface area contributed by atoms with E-state index in [0.29, 0.717) is 18.1 Å². The lowest BCUT2D eigenvalue weighted by atomic mass is 10.1. The number of rotatable bonds is 6. The van der Waals surface area contributed by atoms with Gasteiger partial charge in [-0.2, -0.15) is 0 Å². The van der Waals surface area contributed by atoms with Crippen LogP contribution in [-0.2, 0) is 11.3 Å². The van der Waals surface area contributed by atoms with Crippen LogP contribution in [0.3, 0.4) is 0 Å². The number of amides is 1. The Morgan fingerprint density at radius 3 is 2.30 bits per heavy atom. The first-order valence-corrected chi connectivity index (χ1v) is 9.49. The van der Waals surface area contributed by atoms with Crippen LogP contribution in [0.5, 0.6) is 0 Å². The Labute approximate surface area is 164 Å². The minimum Gasteiger partial charge on any atom is -0.369 e. The van der Waals surface area contributed by atoms with Gasteiger partial charge in [0.2, 0.25) is 5.91 Å². The summed E-state index contributed by atoms with van der Waals surface area (Å²) in [5, 5.41) is 3.60. The molecule has 0 aliphatic carbocycles. The summed E-state index contributed by atoms with van der Waals surface area (Å²) in [7, 11) is 0. The molecule has 1 aliphatic rings. The van der Waals surface area contributed by atoms with Crippen LogP contribution in [0, 0.1) is 0 Å². The molecule has 1 saturated heterocycles. The van der Waals surface area contributed by atoms with E-state index in [1.165, 1.54) is 0 Å². The highest BCUT2D eigenvalue weighted by Gasteiger charge is 2.19. The van der Waals surface area contributed by atoms with Crippen molar-refractivity contribution in [1.82, 2.24) is 10.2 Å². The number of piperazine rings is 1. The number of nitrogens with one attached hydrogen (secondary N) is 1. The van der Waals surface area contributed by atoms with E-state index in [1.807, 2.05) is 48.5 Å². The Morgan fingerprint density at radius 1 is 1.00 bits per heavy atom. The molecule has 2 aromatic carbocycles. The fourth-order valence-corrected chi connectivity index (χ4v) is 3.37. The second kappa shape index (κ2) is 9.02. The minimum atomic E-state index is 0.00850.